The van der Waals surface area contributed by atoms with Gasteiger partial charge in [0.2, 0.25) is 11.5 Å². The number of fused-ring (bicyclic) bond motifs is 1. The van der Waals surface area contributed by atoms with E-state index in [1.807, 2.05) is 0 Å². The Morgan fingerprint density at radius 1 is 1.05 bits per heavy atom. The Kier molecular flexibility index (Phi) is 9.49. The Bertz CT molecular complexity index is 1600. The van der Waals surface area contributed by atoms with Crippen LogP contribution in [0, 0.1) is 0 Å². The normalized spacial score (nSPS) is 12.1. The molecule has 0 spiro atoms. The first-order valence-electron chi connectivity index (χ1n) is 12.2. The molecule has 1 unspecified atom stereocenters. The number of nitrogens with zero attached hydrogens (tertiary/aromatic N) is 1. The topological polar surface area (TPSA) is 114 Å². The van der Waals surface area contributed by atoms with Crippen molar-refractivity contribution in [1.82, 2.24) is 10.6 Å². The monoisotopic (exact) mass is 578 g/mol. The van der Waals surface area contributed by atoms with Crippen LogP contribution in [0.4, 0.5) is 16.2 Å². The fourth-order valence-electron chi connectivity index (χ4n) is 3.53. The van der Waals surface area contributed by atoms with Crippen LogP contribution in [0.25, 0.3) is 11.0 Å². The van der Waals surface area contributed by atoms with Crippen molar-refractivity contribution in [2.75, 3.05) is 19.5 Å². The molecule has 1 heterocycles. The van der Waals surface area contributed by atoms with E-state index in [1.165, 1.54) is 0 Å². The van der Waals surface area contributed by atoms with E-state index in [0.717, 1.165) is 5.56 Å². The number of likely N-dealkylation sites (N-methyl/N-ethyl adjacent to an activating group) is 1. The highest BCUT2D eigenvalue weighted by Gasteiger charge is 2.14. The molecule has 3 N–H and O–H groups in total. The predicted molar refractivity (Wildman–Crippen MR) is 158 cm³/mol. The second kappa shape index (κ2) is 13.2. The number of hydrogen-bond acceptors (Lipinski definition) is 8. The summed E-state index contributed by atoms with van der Waals surface area (Å²) in [6.07, 6.45) is -0.744. The minimum Gasteiger partial charge on any atom is -0.497 e. The van der Waals surface area contributed by atoms with Gasteiger partial charge in [-0.1, -0.05) is 36.0 Å². The number of alkyl carbamates (subject to hydrolysis) is 1. The Balaban J connectivity index is 1.48. The first-order chi connectivity index (χ1) is 19.2. The van der Waals surface area contributed by atoms with Crippen molar-refractivity contribution in [3.8, 4) is 5.75 Å². The number of amides is 2. The van der Waals surface area contributed by atoms with E-state index in [0.29, 0.717) is 38.7 Å². The fourth-order valence-corrected chi connectivity index (χ4v) is 3.94. The summed E-state index contributed by atoms with van der Waals surface area (Å²) in [6, 6.07) is 20.7. The lowest BCUT2D eigenvalue weighted by atomic mass is 10.2. The van der Waals surface area contributed by atoms with E-state index in [9.17, 15) is 9.59 Å². The van der Waals surface area contributed by atoms with E-state index in [1.54, 1.807) is 93.9 Å². The van der Waals surface area contributed by atoms with E-state index >= 15 is 0 Å². The van der Waals surface area contributed by atoms with Crippen molar-refractivity contribution in [1.29, 1.82) is 0 Å². The summed E-state index contributed by atoms with van der Waals surface area (Å²) in [5, 5.41) is 9.47. The van der Waals surface area contributed by atoms with Crippen molar-refractivity contribution < 1.29 is 23.5 Å². The molecule has 4 rings (SSSR count). The molecule has 11 heteroatoms. The molecule has 2 amide bonds. The standard InChI is InChI=1S/C29H27ClN4O5S/c1-17(31-2)26(35)32-21-7-4-18(5-8-21)16-38-29(36)34-28(40)24-15-19-14-20(30)6-13-25(19)39-27(24)33-22-9-11-23(37-3)12-10-22/h4-15,17,31H,16H2,1-3H3,(H,32,35)(H,34,36,40)/b33-27-. The third-order valence-electron chi connectivity index (χ3n) is 5.89. The largest absolute Gasteiger partial charge is 0.497 e. The highest BCUT2D eigenvalue weighted by molar-refractivity contribution is 7.80. The minimum absolute atomic E-state index is 0.00360. The van der Waals surface area contributed by atoms with Crippen molar-refractivity contribution in [3.05, 3.63) is 94.5 Å². The number of benzene rings is 3. The van der Waals surface area contributed by atoms with E-state index in [-0.39, 0.29) is 29.1 Å². The molecule has 0 aliphatic rings. The molecule has 0 aliphatic carbocycles. The molecule has 1 aromatic heterocycles. The zero-order chi connectivity index (χ0) is 28.6. The third kappa shape index (κ3) is 7.44. The van der Waals surface area contributed by atoms with Crippen molar-refractivity contribution in [2.24, 2.45) is 4.99 Å². The number of nitrogens with one attached hydrogen (secondary N) is 3. The van der Waals surface area contributed by atoms with Crippen molar-refractivity contribution in [2.45, 2.75) is 19.6 Å². The van der Waals surface area contributed by atoms with Crippen LogP contribution in [-0.4, -0.2) is 37.2 Å². The average Bonchev–Trinajstić information content (AvgIpc) is 2.96. The Morgan fingerprint density at radius 2 is 1.77 bits per heavy atom. The quantitative estimate of drug-likeness (QED) is 0.237. The van der Waals surface area contributed by atoms with Crippen LogP contribution in [0.1, 0.15) is 18.1 Å². The third-order valence-corrected chi connectivity index (χ3v) is 6.45. The molecule has 3 aromatic carbocycles. The first-order valence-corrected chi connectivity index (χ1v) is 13.0. The van der Waals surface area contributed by atoms with Gasteiger partial charge in [0.15, 0.2) is 0 Å². The molecular weight excluding hydrogens is 552 g/mol. The van der Waals surface area contributed by atoms with Gasteiger partial charge in [0.05, 0.1) is 24.4 Å². The van der Waals surface area contributed by atoms with Gasteiger partial charge >= 0.3 is 6.09 Å². The molecule has 0 saturated heterocycles. The maximum Gasteiger partial charge on any atom is 0.412 e. The van der Waals surface area contributed by atoms with Gasteiger partial charge in [-0.3, -0.25) is 10.1 Å². The Morgan fingerprint density at radius 3 is 2.45 bits per heavy atom. The Labute approximate surface area is 241 Å². The summed E-state index contributed by atoms with van der Waals surface area (Å²) < 4.78 is 16.6. The zero-order valence-corrected chi connectivity index (χ0v) is 23.6. The summed E-state index contributed by atoms with van der Waals surface area (Å²) in [5.41, 5.74) is 3.10. The average molecular weight is 579 g/mol. The van der Waals surface area contributed by atoms with Gasteiger partial charge in [0, 0.05) is 16.1 Å². The van der Waals surface area contributed by atoms with Gasteiger partial charge in [0.25, 0.3) is 0 Å². The Hall–Kier alpha value is -4.25. The van der Waals surface area contributed by atoms with Crippen LogP contribution < -0.4 is 26.2 Å². The van der Waals surface area contributed by atoms with E-state index in [2.05, 4.69) is 20.9 Å². The highest BCUT2D eigenvalue weighted by Crippen LogP contribution is 2.21. The van der Waals surface area contributed by atoms with E-state index < -0.39 is 6.09 Å². The minimum atomic E-state index is -0.744. The lowest BCUT2D eigenvalue weighted by Gasteiger charge is -2.12. The molecule has 206 valence electrons. The molecule has 0 saturated carbocycles. The number of carbonyl (C=O) groups excluding carboxylic acids is 2. The van der Waals surface area contributed by atoms with Gasteiger partial charge in [0.1, 0.15) is 22.9 Å². The maximum absolute atomic E-state index is 12.6. The van der Waals surface area contributed by atoms with Gasteiger partial charge in [-0.05, 0) is 80.2 Å². The van der Waals surface area contributed by atoms with Crippen LogP contribution in [-0.2, 0) is 16.1 Å². The number of rotatable bonds is 8. The zero-order valence-electron chi connectivity index (χ0n) is 22.0. The molecule has 0 radical (unpaired) electrons. The van der Waals surface area contributed by atoms with Gasteiger partial charge in [-0.2, -0.15) is 0 Å². The molecule has 1 atom stereocenters. The number of methoxy groups -OCH3 is 1. The van der Waals surface area contributed by atoms with Crippen molar-refractivity contribution in [3.63, 3.8) is 0 Å². The number of anilines is 1. The predicted octanol–water partition coefficient (Wildman–Crippen LogP) is 5.48. The summed E-state index contributed by atoms with van der Waals surface area (Å²) in [7, 11) is 3.29. The lowest BCUT2D eigenvalue weighted by molar-refractivity contribution is -0.117. The molecular formula is C29H27ClN4O5S. The van der Waals surface area contributed by atoms with Crippen LogP contribution in [0.15, 0.2) is 82.2 Å². The number of thiocarbonyl (C=S) groups is 1. The lowest BCUT2D eigenvalue weighted by Crippen LogP contribution is -2.35. The second-order valence-corrected chi connectivity index (χ2v) is 9.53. The summed E-state index contributed by atoms with van der Waals surface area (Å²) >= 11 is 11.7. The second-order valence-electron chi connectivity index (χ2n) is 8.68. The van der Waals surface area contributed by atoms with Crippen LogP contribution in [0.3, 0.4) is 0 Å². The number of hydrogen-bond donors (Lipinski definition) is 3. The van der Waals surface area contributed by atoms with E-state index in [4.69, 9.17) is 37.7 Å². The van der Waals surface area contributed by atoms with Gasteiger partial charge in [-0.15, -0.1) is 0 Å². The highest BCUT2D eigenvalue weighted by atomic mass is 35.5. The molecule has 0 bridgehead atoms. The van der Waals surface area contributed by atoms with Gasteiger partial charge < -0.3 is 24.5 Å². The SMILES string of the molecule is CNC(C)C(=O)Nc1ccc(COC(=O)NC(=S)c2cc3cc(Cl)ccc3o/c2=N\c2ccc(OC)cc2)cc1. The molecule has 9 nitrogen and oxygen atoms in total. The molecule has 4 aromatic rings. The number of ether oxygens (including phenoxy) is 2. The molecule has 0 aliphatic heterocycles. The number of carbonyl (C=O) groups is 2. The van der Waals surface area contributed by atoms with Gasteiger partial charge in [-0.25, -0.2) is 9.79 Å². The van der Waals surface area contributed by atoms with Crippen LogP contribution >= 0.6 is 23.8 Å². The maximum atomic E-state index is 12.6. The summed E-state index contributed by atoms with van der Waals surface area (Å²) in [6.45, 7) is 1.76. The fraction of sp³-hybridized carbons (Fsp3) is 0.172. The smallest absolute Gasteiger partial charge is 0.412 e. The van der Waals surface area contributed by atoms with Crippen LogP contribution in [0.5, 0.6) is 5.75 Å². The first kappa shape index (κ1) is 28.8. The number of halogens is 1. The molecule has 40 heavy (non-hydrogen) atoms. The summed E-state index contributed by atoms with van der Waals surface area (Å²) in [5.74, 6) is 0.534. The van der Waals surface area contributed by atoms with Crippen molar-refractivity contribution >= 4 is 63.2 Å². The molecule has 0 fully saturated rings. The van der Waals surface area contributed by atoms with Crippen LogP contribution in [0.2, 0.25) is 5.02 Å². The summed E-state index contributed by atoms with van der Waals surface area (Å²) in [4.78, 5) is 29.3.